The number of ether oxygens (including phenoxy) is 1. The van der Waals surface area contributed by atoms with Gasteiger partial charge in [0.05, 0.1) is 18.8 Å². The van der Waals surface area contributed by atoms with Gasteiger partial charge in [0.25, 0.3) is 5.91 Å². The minimum absolute atomic E-state index is 0.160. The Morgan fingerprint density at radius 2 is 2.17 bits per heavy atom. The monoisotopic (exact) mass is 412 g/mol. The van der Waals surface area contributed by atoms with Crippen LogP contribution in [0.1, 0.15) is 35.8 Å². The molecule has 0 aliphatic carbocycles. The maximum atomic E-state index is 14.0. The van der Waals surface area contributed by atoms with Crippen molar-refractivity contribution in [2.45, 2.75) is 26.0 Å². The lowest BCUT2D eigenvalue weighted by Crippen LogP contribution is -2.42. The first-order chi connectivity index (χ1) is 14.5. The van der Waals surface area contributed by atoms with Crippen molar-refractivity contribution in [1.82, 2.24) is 24.8 Å². The molecule has 0 saturated carbocycles. The smallest absolute Gasteiger partial charge is 0.259 e. The van der Waals surface area contributed by atoms with Gasteiger partial charge in [-0.05, 0) is 45.2 Å². The number of hydrogen-bond acceptors (Lipinski definition) is 6. The van der Waals surface area contributed by atoms with Crippen LogP contribution in [0.2, 0.25) is 0 Å². The van der Waals surface area contributed by atoms with Crippen LogP contribution < -0.4 is 15.4 Å². The third kappa shape index (κ3) is 3.93. The highest BCUT2D eigenvalue weighted by Crippen LogP contribution is 2.30. The fourth-order valence-electron chi connectivity index (χ4n) is 3.62. The molecule has 1 unspecified atom stereocenters. The van der Waals surface area contributed by atoms with Crippen LogP contribution in [-0.2, 0) is 0 Å². The van der Waals surface area contributed by atoms with E-state index in [1.54, 1.807) is 33.9 Å². The van der Waals surface area contributed by atoms with Gasteiger partial charge in [0.1, 0.15) is 29.1 Å². The van der Waals surface area contributed by atoms with Crippen LogP contribution in [0.5, 0.6) is 5.75 Å². The number of rotatable bonds is 3. The maximum absolute atomic E-state index is 14.0. The van der Waals surface area contributed by atoms with Gasteiger partial charge in [0, 0.05) is 24.8 Å². The molecule has 2 aromatic heterocycles. The third-order valence-electron chi connectivity index (χ3n) is 5.13. The predicted octanol–water partition coefficient (Wildman–Crippen LogP) is 2.48. The molecule has 158 valence electrons. The molecule has 4 rings (SSSR count). The van der Waals surface area contributed by atoms with Crippen LogP contribution >= 0.6 is 0 Å². The number of likely N-dealkylation sites (N-methyl/N-ethyl adjacent to an activating group) is 1. The van der Waals surface area contributed by atoms with Gasteiger partial charge in [0.15, 0.2) is 5.65 Å². The molecule has 1 aliphatic heterocycles. The van der Waals surface area contributed by atoms with Gasteiger partial charge in [0.2, 0.25) is 0 Å². The van der Waals surface area contributed by atoms with Gasteiger partial charge in [-0.2, -0.15) is 5.10 Å². The second kappa shape index (κ2) is 8.27. The zero-order chi connectivity index (χ0) is 21.3. The van der Waals surface area contributed by atoms with E-state index in [2.05, 4.69) is 20.7 Å². The van der Waals surface area contributed by atoms with Gasteiger partial charge in [-0.1, -0.05) is 0 Å². The summed E-state index contributed by atoms with van der Waals surface area (Å²) in [5, 5.41) is 10.6. The lowest BCUT2D eigenvalue weighted by Gasteiger charge is -2.27. The summed E-state index contributed by atoms with van der Waals surface area (Å²) in [5.74, 6) is 0.643. The number of aromatic nitrogens is 3. The topological polar surface area (TPSA) is 83.8 Å². The minimum atomic E-state index is -0.338. The minimum Gasteiger partial charge on any atom is -0.489 e. The molecule has 8 nitrogen and oxygen atoms in total. The number of benzene rings is 1. The fourth-order valence-corrected chi connectivity index (χ4v) is 3.62. The Hall–Kier alpha value is -3.20. The fraction of sp³-hybridized carbons (Fsp3) is 0.381. The Morgan fingerprint density at radius 3 is 2.97 bits per heavy atom. The molecule has 0 fully saturated rings. The first-order valence-corrected chi connectivity index (χ1v) is 9.97. The van der Waals surface area contributed by atoms with Crippen LogP contribution in [-0.4, -0.2) is 58.2 Å². The quantitative estimate of drug-likeness (QED) is 0.688. The Kier molecular flexibility index (Phi) is 5.54. The second-order valence-corrected chi connectivity index (χ2v) is 7.47. The molecule has 1 aromatic carbocycles. The molecule has 0 saturated heterocycles. The van der Waals surface area contributed by atoms with Crippen molar-refractivity contribution in [3.05, 3.63) is 53.6 Å². The lowest BCUT2D eigenvalue weighted by atomic mass is 10.1. The summed E-state index contributed by atoms with van der Waals surface area (Å²) in [6.07, 6.45) is 2.99. The Labute approximate surface area is 174 Å². The highest BCUT2D eigenvalue weighted by Gasteiger charge is 2.25. The number of carbonyl (C=O) groups is 1. The number of carbonyl (C=O) groups excluding carboxylic acids is 1. The van der Waals surface area contributed by atoms with E-state index in [0.29, 0.717) is 48.0 Å². The highest BCUT2D eigenvalue weighted by molar-refractivity contribution is 5.99. The molecule has 2 atom stereocenters. The number of nitrogens with zero attached hydrogens (tertiary/aromatic N) is 4. The van der Waals surface area contributed by atoms with E-state index in [-0.39, 0.29) is 23.9 Å². The maximum Gasteiger partial charge on any atom is 0.259 e. The van der Waals surface area contributed by atoms with Crippen molar-refractivity contribution in [2.24, 2.45) is 0 Å². The van der Waals surface area contributed by atoms with Crippen molar-refractivity contribution < 1.29 is 13.9 Å². The summed E-state index contributed by atoms with van der Waals surface area (Å²) < 4.78 is 21.7. The second-order valence-electron chi connectivity index (χ2n) is 7.47. The van der Waals surface area contributed by atoms with Crippen molar-refractivity contribution in [2.75, 3.05) is 32.0 Å². The normalized spacial score (nSPS) is 19.5. The van der Waals surface area contributed by atoms with Gasteiger partial charge in [-0.3, -0.25) is 4.79 Å². The van der Waals surface area contributed by atoms with Crippen LogP contribution in [0.3, 0.4) is 0 Å². The molecule has 1 amide bonds. The molecule has 3 heterocycles. The first kappa shape index (κ1) is 20.1. The zero-order valence-electron chi connectivity index (χ0n) is 17.2. The number of anilines is 1. The molecule has 1 aliphatic rings. The van der Waals surface area contributed by atoms with E-state index in [1.165, 1.54) is 12.1 Å². The molecule has 0 spiro atoms. The molecule has 2 bridgehead atoms. The average molecular weight is 412 g/mol. The number of halogens is 1. The number of fused-ring (bicyclic) bond motifs is 2. The van der Waals surface area contributed by atoms with Gasteiger partial charge in [-0.15, -0.1) is 0 Å². The summed E-state index contributed by atoms with van der Waals surface area (Å²) in [7, 11) is 1.84. The SMILES string of the molecule is CNCCN1C[C@H](C)Oc2ccc(F)cc2C(C)Nc2ccn3ncc(c3n2)C1=O. The first-order valence-electron chi connectivity index (χ1n) is 9.97. The molecule has 2 N–H and O–H groups in total. The number of hydrogen-bond donors (Lipinski definition) is 2. The van der Waals surface area contributed by atoms with E-state index in [1.807, 2.05) is 20.9 Å². The average Bonchev–Trinajstić information content (AvgIpc) is 3.14. The third-order valence-corrected chi connectivity index (χ3v) is 5.13. The van der Waals surface area contributed by atoms with Crippen LogP contribution in [0.15, 0.2) is 36.7 Å². The highest BCUT2D eigenvalue weighted by atomic mass is 19.1. The Bertz CT molecular complexity index is 1070. The van der Waals surface area contributed by atoms with Gasteiger partial charge < -0.3 is 20.3 Å². The molecule has 3 aromatic rings. The zero-order valence-corrected chi connectivity index (χ0v) is 17.2. The predicted molar refractivity (Wildman–Crippen MR) is 111 cm³/mol. The van der Waals surface area contributed by atoms with Crippen molar-refractivity contribution in [3.8, 4) is 5.75 Å². The van der Waals surface area contributed by atoms with Gasteiger partial charge in [-0.25, -0.2) is 13.9 Å². The largest absolute Gasteiger partial charge is 0.489 e. The molecule has 30 heavy (non-hydrogen) atoms. The van der Waals surface area contributed by atoms with Crippen LogP contribution in [0, 0.1) is 5.82 Å². The van der Waals surface area contributed by atoms with Crippen molar-refractivity contribution in [3.63, 3.8) is 0 Å². The summed E-state index contributed by atoms with van der Waals surface area (Å²) >= 11 is 0. The summed E-state index contributed by atoms with van der Waals surface area (Å²) in [6.45, 7) is 5.33. The van der Waals surface area contributed by atoms with E-state index >= 15 is 0 Å². The summed E-state index contributed by atoms with van der Waals surface area (Å²) in [6, 6.07) is 5.98. The van der Waals surface area contributed by atoms with Crippen molar-refractivity contribution in [1.29, 1.82) is 0 Å². The van der Waals surface area contributed by atoms with Crippen LogP contribution in [0.25, 0.3) is 5.65 Å². The van der Waals surface area contributed by atoms with Crippen molar-refractivity contribution >= 4 is 17.4 Å². The van der Waals surface area contributed by atoms with Crippen LogP contribution in [0.4, 0.5) is 10.2 Å². The molecular weight excluding hydrogens is 387 g/mol. The summed E-state index contributed by atoms with van der Waals surface area (Å²) in [5.41, 5.74) is 1.58. The molecule has 0 radical (unpaired) electrons. The van der Waals surface area contributed by atoms with E-state index < -0.39 is 0 Å². The van der Waals surface area contributed by atoms with E-state index in [4.69, 9.17) is 4.74 Å². The molecule has 9 heteroatoms. The number of nitrogens with one attached hydrogen (secondary N) is 2. The Balaban J connectivity index is 1.82. The van der Waals surface area contributed by atoms with E-state index in [0.717, 1.165) is 0 Å². The summed E-state index contributed by atoms with van der Waals surface area (Å²) in [4.78, 5) is 19.6. The number of amides is 1. The lowest BCUT2D eigenvalue weighted by molar-refractivity contribution is 0.0678. The van der Waals surface area contributed by atoms with Gasteiger partial charge >= 0.3 is 0 Å². The Morgan fingerprint density at radius 1 is 1.33 bits per heavy atom. The molecular formula is C21H25FN6O2. The van der Waals surface area contributed by atoms with E-state index in [9.17, 15) is 9.18 Å². The standard InChI is InChI=1S/C21H25FN6O2/c1-13-12-27(9-7-23-3)21(29)17-11-24-28-8-6-19(26-20(17)28)25-14(2)16-10-15(22)4-5-18(16)30-13/h4-6,8,10-11,13-14,23H,7,9,12H2,1-3H3,(H,25,26)/t13-,14?/m0/s1.